The molecule has 1 heterocycles. The van der Waals surface area contributed by atoms with E-state index in [1.54, 1.807) is 0 Å². The standard InChI is InChI=1S/C22H23B/c1-6-9-15-21-17(4)19-13-11-12-14-20(19)18(8-3)22(23(21)5)16-10-7-2/h6-16H,1-3H2,4-5H3/b15-9-,16-10-. The van der Waals surface area contributed by atoms with E-state index in [9.17, 15) is 0 Å². The van der Waals surface area contributed by atoms with Gasteiger partial charge in [-0.15, -0.1) is 0 Å². The highest BCUT2D eigenvalue weighted by molar-refractivity contribution is 6.76. The van der Waals surface area contributed by atoms with Crippen LogP contribution in [-0.2, 0) is 0 Å². The minimum atomic E-state index is 0.266. The molecule has 1 aromatic carbocycles. The van der Waals surface area contributed by atoms with Crippen LogP contribution in [0.25, 0.3) is 11.1 Å². The number of hydrogen-bond donors (Lipinski definition) is 0. The van der Waals surface area contributed by atoms with E-state index in [0.717, 1.165) is 0 Å². The third-order valence-electron chi connectivity index (χ3n) is 4.33. The first-order valence-electron chi connectivity index (χ1n) is 7.91. The zero-order valence-electron chi connectivity index (χ0n) is 14.0. The Morgan fingerprint density at radius 2 is 1.43 bits per heavy atom. The third-order valence-corrected chi connectivity index (χ3v) is 4.33. The molecule has 0 bridgehead atoms. The molecule has 0 fully saturated rings. The van der Waals surface area contributed by atoms with Crippen LogP contribution in [-0.4, -0.2) is 6.71 Å². The Labute approximate surface area is 140 Å². The second kappa shape index (κ2) is 7.64. The van der Waals surface area contributed by atoms with Crippen molar-refractivity contribution < 1.29 is 0 Å². The van der Waals surface area contributed by atoms with Gasteiger partial charge in [0.2, 0.25) is 6.71 Å². The van der Waals surface area contributed by atoms with Crippen LogP contribution in [0.3, 0.4) is 0 Å². The highest BCUT2D eigenvalue weighted by Crippen LogP contribution is 2.37. The van der Waals surface area contributed by atoms with Gasteiger partial charge in [0.25, 0.3) is 0 Å². The summed E-state index contributed by atoms with van der Waals surface area (Å²) in [4.78, 5) is 0. The summed E-state index contributed by atoms with van der Waals surface area (Å²) in [6.45, 7) is 16.4. The van der Waals surface area contributed by atoms with E-state index >= 15 is 0 Å². The Hall–Kier alpha value is -2.54. The minimum absolute atomic E-state index is 0.266. The average Bonchev–Trinajstić information content (AvgIpc) is 2.65. The molecule has 0 radical (unpaired) electrons. The molecule has 0 unspecified atom stereocenters. The second-order valence-electron chi connectivity index (χ2n) is 5.61. The molecule has 0 saturated carbocycles. The lowest BCUT2D eigenvalue weighted by atomic mass is 9.40. The van der Waals surface area contributed by atoms with Gasteiger partial charge in [-0.3, -0.25) is 0 Å². The lowest BCUT2D eigenvalue weighted by Gasteiger charge is -2.14. The van der Waals surface area contributed by atoms with Gasteiger partial charge in [-0.25, -0.2) is 0 Å². The summed E-state index contributed by atoms with van der Waals surface area (Å²) in [5, 5.41) is 0. The Kier molecular flexibility index (Phi) is 5.59. The minimum Gasteiger partial charge on any atom is -0.0991 e. The maximum atomic E-state index is 4.06. The number of hydrogen-bond acceptors (Lipinski definition) is 0. The van der Waals surface area contributed by atoms with E-state index in [1.807, 2.05) is 30.4 Å². The van der Waals surface area contributed by atoms with Crippen molar-refractivity contribution in [3.63, 3.8) is 0 Å². The fourth-order valence-corrected chi connectivity index (χ4v) is 3.16. The smallest absolute Gasteiger partial charge is 0.0991 e. The molecule has 0 N–H and O–H groups in total. The van der Waals surface area contributed by atoms with E-state index in [1.165, 1.54) is 33.2 Å². The number of allylic oxidation sites excluding steroid dienone is 11. The van der Waals surface area contributed by atoms with Gasteiger partial charge in [-0.2, -0.15) is 0 Å². The van der Waals surface area contributed by atoms with Crippen LogP contribution in [0.2, 0.25) is 6.82 Å². The van der Waals surface area contributed by atoms with Gasteiger partial charge in [0.1, 0.15) is 0 Å². The van der Waals surface area contributed by atoms with Crippen molar-refractivity contribution in [1.82, 2.24) is 0 Å². The Morgan fingerprint density at radius 1 is 0.870 bits per heavy atom. The summed E-state index contributed by atoms with van der Waals surface area (Å²) in [5.41, 5.74) is 7.54. The molecule has 0 amide bonds. The SMILES string of the molecule is C=C/C=C\C1=C(C)c2ccccc2C(C=C)=C(/C=C\C=C)B1C. The zero-order valence-corrected chi connectivity index (χ0v) is 14.0. The normalized spacial score (nSPS) is 15.1. The topological polar surface area (TPSA) is 0 Å². The molecule has 0 saturated heterocycles. The van der Waals surface area contributed by atoms with Gasteiger partial charge in [0.05, 0.1) is 0 Å². The first-order chi connectivity index (χ1) is 11.2. The number of benzene rings is 1. The van der Waals surface area contributed by atoms with Crippen molar-refractivity contribution in [3.05, 3.63) is 109 Å². The maximum absolute atomic E-state index is 4.06. The largest absolute Gasteiger partial charge is 0.207 e. The number of rotatable bonds is 5. The van der Waals surface area contributed by atoms with Crippen molar-refractivity contribution >= 4 is 17.9 Å². The van der Waals surface area contributed by atoms with Crippen LogP contribution >= 0.6 is 0 Å². The van der Waals surface area contributed by atoms with Crippen LogP contribution in [0.15, 0.2) is 97.5 Å². The summed E-state index contributed by atoms with van der Waals surface area (Å²) in [6.07, 6.45) is 13.9. The van der Waals surface area contributed by atoms with Crippen LogP contribution in [0.1, 0.15) is 18.1 Å². The molecule has 2 rings (SSSR count). The van der Waals surface area contributed by atoms with Crippen LogP contribution < -0.4 is 0 Å². The van der Waals surface area contributed by atoms with Crippen molar-refractivity contribution in [1.29, 1.82) is 0 Å². The molecule has 0 nitrogen and oxygen atoms in total. The lowest BCUT2D eigenvalue weighted by molar-refractivity contribution is 1.51. The fourth-order valence-electron chi connectivity index (χ4n) is 3.16. The van der Waals surface area contributed by atoms with Gasteiger partial charge < -0.3 is 0 Å². The van der Waals surface area contributed by atoms with Crippen molar-refractivity contribution in [3.8, 4) is 0 Å². The van der Waals surface area contributed by atoms with E-state index in [2.05, 4.69) is 69.9 Å². The molecule has 0 aliphatic carbocycles. The molecule has 1 aliphatic heterocycles. The van der Waals surface area contributed by atoms with Gasteiger partial charge >= 0.3 is 0 Å². The first kappa shape index (κ1) is 16.8. The van der Waals surface area contributed by atoms with Crippen molar-refractivity contribution in [2.45, 2.75) is 13.7 Å². The predicted molar refractivity (Wildman–Crippen MR) is 106 cm³/mol. The summed E-state index contributed by atoms with van der Waals surface area (Å²) < 4.78 is 0. The van der Waals surface area contributed by atoms with Crippen molar-refractivity contribution in [2.24, 2.45) is 0 Å². The van der Waals surface area contributed by atoms with Gasteiger partial charge in [-0.1, -0.05) is 104 Å². The quantitative estimate of drug-likeness (QED) is 0.455. The van der Waals surface area contributed by atoms with Gasteiger partial charge in [0, 0.05) is 0 Å². The molecule has 1 aromatic rings. The van der Waals surface area contributed by atoms with Gasteiger partial charge in [0.15, 0.2) is 0 Å². The summed E-state index contributed by atoms with van der Waals surface area (Å²) >= 11 is 0. The first-order valence-corrected chi connectivity index (χ1v) is 7.91. The average molecular weight is 298 g/mol. The highest BCUT2D eigenvalue weighted by Gasteiger charge is 2.25. The predicted octanol–water partition coefficient (Wildman–Crippen LogP) is 6.10. The van der Waals surface area contributed by atoms with E-state index in [4.69, 9.17) is 0 Å². The summed E-state index contributed by atoms with van der Waals surface area (Å²) in [5.74, 6) is 0. The molecule has 0 aromatic heterocycles. The van der Waals surface area contributed by atoms with E-state index in [-0.39, 0.29) is 6.71 Å². The van der Waals surface area contributed by atoms with Gasteiger partial charge in [-0.05, 0) is 29.2 Å². The highest BCUT2D eigenvalue weighted by atomic mass is 14.2. The Bertz CT molecular complexity index is 754. The van der Waals surface area contributed by atoms with Crippen LogP contribution in [0.5, 0.6) is 0 Å². The van der Waals surface area contributed by atoms with E-state index in [0.29, 0.717) is 0 Å². The van der Waals surface area contributed by atoms with Crippen LogP contribution in [0.4, 0.5) is 0 Å². The van der Waals surface area contributed by atoms with E-state index < -0.39 is 0 Å². The molecule has 0 atom stereocenters. The Morgan fingerprint density at radius 3 is 2.00 bits per heavy atom. The van der Waals surface area contributed by atoms with Crippen molar-refractivity contribution in [2.75, 3.05) is 0 Å². The molecule has 0 spiro atoms. The second-order valence-corrected chi connectivity index (χ2v) is 5.61. The van der Waals surface area contributed by atoms with Crippen LogP contribution in [0, 0.1) is 0 Å². The summed E-state index contributed by atoms with van der Waals surface area (Å²) in [6, 6.07) is 8.53. The number of fused-ring (bicyclic) bond motifs is 1. The molecule has 1 heteroatoms. The Balaban J connectivity index is 2.85. The maximum Gasteiger partial charge on any atom is 0.207 e. The molecular formula is C22H23B. The monoisotopic (exact) mass is 298 g/mol. The summed E-state index contributed by atoms with van der Waals surface area (Å²) in [7, 11) is 0. The molecule has 1 aliphatic rings. The molecule has 23 heavy (non-hydrogen) atoms. The molecule has 114 valence electrons. The third kappa shape index (κ3) is 3.29. The zero-order chi connectivity index (χ0) is 16.8. The molecular weight excluding hydrogens is 275 g/mol. The fraction of sp³-hybridized carbons (Fsp3) is 0.0909. The lowest BCUT2D eigenvalue weighted by Crippen LogP contribution is -2.14.